The van der Waals surface area contributed by atoms with Crippen LogP contribution in [-0.2, 0) is 0 Å². The van der Waals surface area contributed by atoms with Gasteiger partial charge in [0.15, 0.2) is 0 Å². The molecule has 19 heavy (non-hydrogen) atoms. The molecule has 6 heteroatoms. The van der Waals surface area contributed by atoms with Gasteiger partial charge in [0.1, 0.15) is 5.69 Å². The van der Waals surface area contributed by atoms with Crippen molar-refractivity contribution in [1.29, 1.82) is 0 Å². The first kappa shape index (κ1) is 12.2. The number of aromatic nitrogens is 3. The van der Waals surface area contributed by atoms with Crippen molar-refractivity contribution in [1.82, 2.24) is 20.1 Å². The molecule has 1 amide bonds. The van der Waals surface area contributed by atoms with E-state index in [0.29, 0.717) is 5.69 Å². The average Bonchev–Trinajstić information content (AvgIpc) is 2.98. The maximum Gasteiger partial charge on any atom is 0.271 e. The Kier molecular flexibility index (Phi) is 3.50. The van der Waals surface area contributed by atoms with Crippen LogP contribution in [0.1, 0.15) is 10.5 Å². The molecule has 2 aromatic rings. The third-order valence-corrected chi connectivity index (χ3v) is 4.03. The highest BCUT2D eigenvalue weighted by Gasteiger charge is 2.20. The molecule has 0 radical (unpaired) electrons. The van der Waals surface area contributed by atoms with Gasteiger partial charge in [0, 0.05) is 42.6 Å². The van der Waals surface area contributed by atoms with Crippen molar-refractivity contribution in [3.8, 4) is 11.3 Å². The molecule has 5 nitrogen and oxygen atoms in total. The monoisotopic (exact) mass is 274 g/mol. The van der Waals surface area contributed by atoms with Crippen LogP contribution in [0, 0.1) is 0 Å². The summed E-state index contributed by atoms with van der Waals surface area (Å²) in [6.45, 7) is 1.63. The maximum atomic E-state index is 12.3. The van der Waals surface area contributed by atoms with Gasteiger partial charge in [0.2, 0.25) is 0 Å². The number of hydrogen-bond donors (Lipinski definition) is 1. The molecular formula is C13H14N4OS. The van der Waals surface area contributed by atoms with E-state index in [2.05, 4.69) is 15.2 Å². The number of carbonyl (C=O) groups is 1. The molecule has 98 valence electrons. The second kappa shape index (κ2) is 5.44. The summed E-state index contributed by atoms with van der Waals surface area (Å²) in [5.41, 5.74) is 2.29. The van der Waals surface area contributed by atoms with Gasteiger partial charge in [-0.2, -0.15) is 16.9 Å². The molecule has 3 rings (SSSR count). The predicted octanol–water partition coefficient (Wildman–Crippen LogP) is 1.66. The van der Waals surface area contributed by atoms with Gasteiger partial charge in [0.25, 0.3) is 5.91 Å². The summed E-state index contributed by atoms with van der Waals surface area (Å²) in [6, 6.07) is 5.56. The summed E-state index contributed by atoms with van der Waals surface area (Å²) >= 11 is 1.89. The number of H-pyrrole nitrogens is 1. The summed E-state index contributed by atoms with van der Waals surface area (Å²) < 4.78 is 0. The van der Waals surface area contributed by atoms with Crippen LogP contribution in [-0.4, -0.2) is 50.6 Å². The number of pyridine rings is 1. The second-order valence-corrected chi connectivity index (χ2v) is 5.53. The van der Waals surface area contributed by atoms with Crippen LogP contribution in [0.2, 0.25) is 0 Å². The van der Waals surface area contributed by atoms with E-state index in [9.17, 15) is 4.79 Å². The first-order chi connectivity index (χ1) is 9.34. The molecule has 1 N–H and O–H groups in total. The zero-order valence-corrected chi connectivity index (χ0v) is 11.2. The Balaban J connectivity index is 1.79. The van der Waals surface area contributed by atoms with E-state index in [4.69, 9.17) is 0 Å². The molecule has 0 bridgehead atoms. The third kappa shape index (κ3) is 2.63. The van der Waals surface area contributed by atoms with Crippen molar-refractivity contribution >= 4 is 17.7 Å². The summed E-state index contributed by atoms with van der Waals surface area (Å²) in [5, 5.41) is 7.03. The minimum atomic E-state index is 0.0353. The van der Waals surface area contributed by atoms with Crippen LogP contribution in [0.4, 0.5) is 0 Å². The van der Waals surface area contributed by atoms with Crippen molar-refractivity contribution < 1.29 is 4.79 Å². The SMILES string of the molecule is O=C(c1cc(-c2ccncc2)n[nH]1)N1CCSCC1. The Morgan fingerprint density at radius 2 is 2.00 bits per heavy atom. The molecule has 3 heterocycles. The highest BCUT2D eigenvalue weighted by atomic mass is 32.2. The van der Waals surface area contributed by atoms with Crippen LogP contribution in [0.25, 0.3) is 11.3 Å². The molecular weight excluding hydrogens is 260 g/mol. The van der Waals surface area contributed by atoms with E-state index < -0.39 is 0 Å². The van der Waals surface area contributed by atoms with Crippen LogP contribution >= 0.6 is 11.8 Å². The minimum Gasteiger partial charge on any atom is -0.336 e. The van der Waals surface area contributed by atoms with Crippen molar-refractivity contribution in [2.75, 3.05) is 24.6 Å². The molecule has 2 aromatic heterocycles. The fourth-order valence-electron chi connectivity index (χ4n) is 2.04. The first-order valence-corrected chi connectivity index (χ1v) is 7.33. The van der Waals surface area contributed by atoms with Gasteiger partial charge in [-0.3, -0.25) is 14.9 Å². The molecule has 0 saturated carbocycles. The summed E-state index contributed by atoms with van der Waals surface area (Å²) in [6.07, 6.45) is 3.43. The van der Waals surface area contributed by atoms with E-state index >= 15 is 0 Å². The average molecular weight is 274 g/mol. The predicted molar refractivity (Wildman–Crippen MR) is 75.0 cm³/mol. The van der Waals surface area contributed by atoms with Crippen LogP contribution in [0.5, 0.6) is 0 Å². The highest BCUT2D eigenvalue weighted by molar-refractivity contribution is 7.99. The number of nitrogens with one attached hydrogen (secondary N) is 1. The fraction of sp³-hybridized carbons (Fsp3) is 0.308. The number of nitrogens with zero attached hydrogens (tertiary/aromatic N) is 3. The van der Waals surface area contributed by atoms with Crippen LogP contribution < -0.4 is 0 Å². The van der Waals surface area contributed by atoms with E-state index in [1.54, 1.807) is 18.5 Å². The van der Waals surface area contributed by atoms with E-state index in [0.717, 1.165) is 35.9 Å². The lowest BCUT2D eigenvalue weighted by Gasteiger charge is -2.25. The Morgan fingerprint density at radius 1 is 1.26 bits per heavy atom. The Labute approximate surface area is 115 Å². The Morgan fingerprint density at radius 3 is 2.74 bits per heavy atom. The van der Waals surface area contributed by atoms with Crippen molar-refractivity contribution in [2.45, 2.75) is 0 Å². The zero-order chi connectivity index (χ0) is 13.1. The van der Waals surface area contributed by atoms with E-state index in [-0.39, 0.29) is 5.91 Å². The summed E-state index contributed by atoms with van der Waals surface area (Å²) in [4.78, 5) is 18.1. The molecule has 1 saturated heterocycles. The lowest BCUT2D eigenvalue weighted by atomic mass is 10.2. The van der Waals surface area contributed by atoms with Crippen molar-refractivity contribution in [3.05, 3.63) is 36.3 Å². The molecule has 0 atom stereocenters. The fourth-order valence-corrected chi connectivity index (χ4v) is 2.94. The normalized spacial score (nSPS) is 15.5. The standard InChI is InChI=1S/C13H14N4OS/c18-13(17-5-7-19-8-6-17)12-9-11(15-16-12)10-1-3-14-4-2-10/h1-4,9H,5-8H2,(H,15,16). The molecule has 1 aliphatic rings. The quantitative estimate of drug-likeness (QED) is 0.904. The van der Waals surface area contributed by atoms with Gasteiger partial charge < -0.3 is 4.90 Å². The van der Waals surface area contributed by atoms with Gasteiger partial charge in [0.05, 0.1) is 5.69 Å². The second-order valence-electron chi connectivity index (χ2n) is 4.31. The molecule has 0 unspecified atom stereocenters. The van der Waals surface area contributed by atoms with E-state index in [1.165, 1.54) is 0 Å². The van der Waals surface area contributed by atoms with Gasteiger partial charge in [-0.15, -0.1) is 0 Å². The van der Waals surface area contributed by atoms with Gasteiger partial charge >= 0.3 is 0 Å². The van der Waals surface area contributed by atoms with Crippen LogP contribution in [0.15, 0.2) is 30.6 Å². The number of carbonyl (C=O) groups excluding carboxylic acids is 1. The molecule has 1 aliphatic heterocycles. The van der Waals surface area contributed by atoms with Crippen molar-refractivity contribution in [2.24, 2.45) is 0 Å². The Hall–Kier alpha value is -1.82. The van der Waals surface area contributed by atoms with Gasteiger partial charge in [-0.25, -0.2) is 0 Å². The summed E-state index contributed by atoms with van der Waals surface area (Å²) in [5.74, 6) is 2.06. The maximum absolute atomic E-state index is 12.3. The molecule has 0 aromatic carbocycles. The number of thioether (sulfide) groups is 1. The molecule has 1 fully saturated rings. The van der Waals surface area contributed by atoms with Crippen LogP contribution in [0.3, 0.4) is 0 Å². The zero-order valence-electron chi connectivity index (χ0n) is 10.4. The highest BCUT2D eigenvalue weighted by Crippen LogP contribution is 2.18. The number of amides is 1. The third-order valence-electron chi connectivity index (χ3n) is 3.08. The molecule has 0 aliphatic carbocycles. The number of aromatic amines is 1. The minimum absolute atomic E-state index is 0.0353. The molecule has 0 spiro atoms. The van der Waals surface area contributed by atoms with E-state index in [1.807, 2.05) is 28.8 Å². The Bertz CT molecular complexity index is 563. The van der Waals surface area contributed by atoms with Crippen molar-refractivity contribution in [3.63, 3.8) is 0 Å². The topological polar surface area (TPSA) is 61.9 Å². The van der Waals surface area contributed by atoms with Gasteiger partial charge in [-0.05, 0) is 18.2 Å². The summed E-state index contributed by atoms with van der Waals surface area (Å²) in [7, 11) is 0. The van der Waals surface area contributed by atoms with Gasteiger partial charge in [-0.1, -0.05) is 0 Å². The first-order valence-electron chi connectivity index (χ1n) is 6.17. The lowest BCUT2D eigenvalue weighted by molar-refractivity contribution is 0.0766. The number of rotatable bonds is 2. The number of hydrogen-bond acceptors (Lipinski definition) is 4. The lowest BCUT2D eigenvalue weighted by Crippen LogP contribution is -2.38. The smallest absolute Gasteiger partial charge is 0.271 e. The largest absolute Gasteiger partial charge is 0.336 e.